The molecule has 0 aliphatic rings. The van der Waals surface area contributed by atoms with Crippen molar-refractivity contribution in [3.63, 3.8) is 0 Å². The Hall–Kier alpha value is -3.07. The fourth-order valence-electron chi connectivity index (χ4n) is 4.47. The lowest BCUT2D eigenvalue weighted by molar-refractivity contribution is -0.140. The van der Waals surface area contributed by atoms with Crippen LogP contribution in [0.4, 0.5) is 5.69 Å². The van der Waals surface area contributed by atoms with Crippen molar-refractivity contribution in [3.8, 4) is 0 Å². The number of aryl methyl sites for hydroxylation is 2. The number of benzene rings is 3. The van der Waals surface area contributed by atoms with Crippen molar-refractivity contribution in [1.29, 1.82) is 0 Å². The van der Waals surface area contributed by atoms with Crippen molar-refractivity contribution < 1.29 is 18.0 Å². The molecule has 1 N–H and O–H groups in total. The molecule has 2 amide bonds. The van der Waals surface area contributed by atoms with E-state index in [1.54, 1.807) is 37.3 Å². The van der Waals surface area contributed by atoms with Crippen molar-refractivity contribution in [2.24, 2.45) is 0 Å². The molecule has 0 aromatic heterocycles. The van der Waals surface area contributed by atoms with Crippen molar-refractivity contribution in [2.45, 2.75) is 52.7 Å². The predicted molar refractivity (Wildman–Crippen MR) is 162 cm³/mol. The standard InChI is InChI=1S/C30H35Cl2N3O4S/c1-20(2)33-30(37)28(17-23-10-7-6-8-11-23)34(18-24-25(31)12-9-13-26(24)32)29(36)19-35(40(5,38)39)27-15-14-21(3)16-22(27)4/h6-16,20,28H,17-19H2,1-5H3,(H,33,37)/t28-/m1/s1. The average Bonchev–Trinajstić information content (AvgIpc) is 2.86. The molecule has 7 nitrogen and oxygen atoms in total. The minimum Gasteiger partial charge on any atom is -0.352 e. The molecular formula is C30H35Cl2N3O4S. The van der Waals surface area contributed by atoms with E-state index in [1.807, 2.05) is 57.2 Å². The van der Waals surface area contributed by atoms with Gasteiger partial charge in [0.05, 0.1) is 11.9 Å². The summed E-state index contributed by atoms with van der Waals surface area (Å²) in [6, 6.07) is 18.5. The number of anilines is 1. The van der Waals surface area contributed by atoms with Gasteiger partial charge in [0.25, 0.3) is 0 Å². The molecule has 0 bridgehead atoms. The monoisotopic (exact) mass is 603 g/mol. The number of nitrogens with one attached hydrogen (secondary N) is 1. The first-order valence-corrected chi connectivity index (χ1v) is 15.5. The van der Waals surface area contributed by atoms with E-state index in [4.69, 9.17) is 23.2 Å². The van der Waals surface area contributed by atoms with Gasteiger partial charge in [-0.3, -0.25) is 13.9 Å². The van der Waals surface area contributed by atoms with E-state index >= 15 is 0 Å². The van der Waals surface area contributed by atoms with Gasteiger partial charge in [-0.2, -0.15) is 0 Å². The summed E-state index contributed by atoms with van der Waals surface area (Å²) in [4.78, 5) is 29.1. The van der Waals surface area contributed by atoms with Gasteiger partial charge in [-0.15, -0.1) is 0 Å². The summed E-state index contributed by atoms with van der Waals surface area (Å²) in [6.07, 6.45) is 1.26. The predicted octanol–water partition coefficient (Wildman–Crippen LogP) is 5.54. The summed E-state index contributed by atoms with van der Waals surface area (Å²) in [7, 11) is -3.86. The summed E-state index contributed by atoms with van der Waals surface area (Å²) < 4.78 is 27.0. The van der Waals surface area contributed by atoms with Gasteiger partial charge in [-0.25, -0.2) is 8.42 Å². The van der Waals surface area contributed by atoms with Crippen LogP contribution in [0.2, 0.25) is 10.0 Å². The summed E-state index contributed by atoms with van der Waals surface area (Å²) >= 11 is 13.0. The highest BCUT2D eigenvalue weighted by molar-refractivity contribution is 7.92. The van der Waals surface area contributed by atoms with Gasteiger partial charge in [0, 0.05) is 34.6 Å². The second kappa shape index (κ2) is 13.5. The van der Waals surface area contributed by atoms with E-state index in [2.05, 4.69) is 5.32 Å². The minimum atomic E-state index is -3.86. The zero-order valence-corrected chi connectivity index (χ0v) is 25.6. The smallest absolute Gasteiger partial charge is 0.244 e. The van der Waals surface area contributed by atoms with Crippen LogP contribution in [0.15, 0.2) is 66.7 Å². The highest BCUT2D eigenvalue weighted by atomic mass is 35.5. The molecule has 0 fully saturated rings. The largest absolute Gasteiger partial charge is 0.352 e. The van der Waals surface area contributed by atoms with Gasteiger partial charge in [0.2, 0.25) is 21.8 Å². The molecule has 0 aliphatic heterocycles. The van der Waals surface area contributed by atoms with Crippen LogP contribution in [0.1, 0.15) is 36.1 Å². The van der Waals surface area contributed by atoms with Crippen molar-refractivity contribution in [2.75, 3.05) is 17.1 Å². The normalized spacial score (nSPS) is 12.2. The Labute approximate surface area is 247 Å². The second-order valence-corrected chi connectivity index (χ2v) is 12.9. The van der Waals surface area contributed by atoms with E-state index in [1.165, 1.54) is 4.90 Å². The Balaban J connectivity index is 2.12. The highest BCUT2D eigenvalue weighted by Gasteiger charge is 2.34. The first-order valence-electron chi connectivity index (χ1n) is 12.9. The molecule has 0 unspecified atom stereocenters. The van der Waals surface area contributed by atoms with Gasteiger partial charge < -0.3 is 10.2 Å². The lowest BCUT2D eigenvalue weighted by atomic mass is 10.0. The zero-order valence-electron chi connectivity index (χ0n) is 23.3. The topological polar surface area (TPSA) is 86.8 Å². The Morgan fingerprint density at radius 1 is 0.925 bits per heavy atom. The summed E-state index contributed by atoms with van der Waals surface area (Å²) in [6.45, 7) is 6.76. The molecule has 0 aliphatic carbocycles. The molecule has 3 aromatic carbocycles. The van der Waals surface area contributed by atoms with Crippen molar-refractivity contribution in [1.82, 2.24) is 10.2 Å². The maximum absolute atomic E-state index is 14.2. The second-order valence-electron chi connectivity index (χ2n) is 10.2. The molecule has 0 heterocycles. The fraction of sp³-hybridized carbons (Fsp3) is 0.333. The van der Waals surface area contributed by atoms with Crippen LogP contribution in [-0.2, 0) is 32.6 Å². The molecular weight excluding hydrogens is 569 g/mol. The summed E-state index contributed by atoms with van der Waals surface area (Å²) in [5.41, 5.74) is 3.36. The summed E-state index contributed by atoms with van der Waals surface area (Å²) in [5, 5.41) is 3.58. The van der Waals surface area contributed by atoms with Crippen molar-refractivity contribution in [3.05, 3.63) is 99.0 Å². The Morgan fingerprint density at radius 2 is 1.55 bits per heavy atom. The first-order chi connectivity index (χ1) is 18.8. The molecule has 3 rings (SSSR count). The maximum Gasteiger partial charge on any atom is 0.244 e. The third-order valence-electron chi connectivity index (χ3n) is 6.39. The lowest BCUT2D eigenvalue weighted by Crippen LogP contribution is -2.54. The number of carbonyl (C=O) groups is 2. The van der Waals surface area contributed by atoms with E-state index in [0.29, 0.717) is 26.9 Å². The number of carbonyl (C=O) groups excluding carboxylic acids is 2. The molecule has 10 heteroatoms. The Kier molecular flexibility index (Phi) is 10.6. The molecule has 0 spiro atoms. The van der Waals surface area contributed by atoms with E-state index in [0.717, 1.165) is 21.7 Å². The number of nitrogens with zero attached hydrogens (tertiary/aromatic N) is 2. The van der Waals surface area contributed by atoms with Crippen LogP contribution in [0.5, 0.6) is 0 Å². The highest BCUT2D eigenvalue weighted by Crippen LogP contribution is 2.29. The van der Waals surface area contributed by atoms with Gasteiger partial charge in [-0.1, -0.05) is 77.3 Å². The minimum absolute atomic E-state index is 0.0924. The van der Waals surface area contributed by atoms with Crippen LogP contribution in [0.25, 0.3) is 0 Å². The molecule has 3 aromatic rings. The SMILES string of the molecule is Cc1ccc(N(CC(=O)N(Cc2c(Cl)cccc2Cl)[C@H](Cc2ccccc2)C(=O)NC(C)C)S(C)(=O)=O)c(C)c1. The van der Waals surface area contributed by atoms with Gasteiger partial charge in [0.1, 0.15) is 12.6 Å². The number of hydrogen-bond donors (Lipinski definition) is 1. The van der Waals surface area contributed by atoms with Crippen LogP contribution >= 0.6 is 23.2 Å². The maximum atomic E-state index is 14.2. The average molecular weight is 605 g/mol. The van der Waals surface area contributed by atoms with Crippen LogP contribution in [0, 0.1) is 13.8 Å². The van der Waals surface area contributed by atoms with Crippen LogP contribution < -0.4 is 9.62 Å². The third kappa shape index (κ3) is 8.22. The molecule has 1 atom stereocenters. The van der Waals surface area contributed by atoms with Gasteiger partial charge in [0.15, 0.2) is 0 Å². The number of sulfonamides is 1. The number of hydrogen-bond acceptors (Lipinski definition) is 4. The van der Waals surface area contributed by atoms with Crippen LogP contribution in [0.3, 0.4) is 0 Å². The number of amides is 2. The van der Waals surface area contributed by atoms with Crippen LogP contribution in [-0.4, -0.2) is 50.0 Å². The third-order valence-corrected chi connectivity index (χ3v) is 8.23. The number of halogens is 2. The van der Waals surface area contributed by atoms with Gasteiger partial charge in [-0.05, 0) is 57.0 Å². The molecule has 0 saturated heterocycles. The lowest BCUT2D eigenvalue weighted by Gasteiger charge is -2.34. The Morgan fingerprint density at radius 3 is 2.10 bits per heavy atom. The zero-order chi connectivity index (χ0) is 29.6. The van der Waals surface area contributed by atoms with E-state index in [-0.39, 0.29) is 24.9 Å². The first kappa shape index (κ1) is 31.5. The Bertz CT molecular complexity index is 1440. The molecule has 0 radical (unpaired) electrons. The fourth-order valence-corrected chi connectivity index (χ4v) is 5.89. The van der Waals surface area contributed by atoms with E-state index < -0.39 is 28.5 Å². The molecule has 0 saturated carbocycles. The summed E-state index contributed by atoms with van der Waals surface area (Å²) in [5.74, 6) is -0.936. The van der Waals surface area contributed by atoms with Crippen molar-refractivity contribution >= 4 is 50.7 Å². The number of rotatable bonds is 11. The molecule has 40 heavy (non-hydrogen) atoms. The van der Waals surface area contributed by atoms with E-state index in [9.17, 15) is 18.0 Å². The molecule has 214 valence electrons. The van der Waals surface area contributed by atoms with Gasteiger partial charge >= 0.3 is 0 Å². The quantitative estimate of drug-likeness (QED) is 0.312.